The van der Waals surface area contributed by atoms with Gasteiger partial charge in [-0.15, -0.1) is 0 Å². The van der Waals surface area contributed by atoms with E-state index in [1.807, 2.05) is 19.1 Å². The van der Waals surface area contributed by atoms with Crippen LogP contribution in [0.25, 0.3) is 0 Å². The molecule has 0 amide bonds. The second-order valence-corrected chi connectivity index (χ2v) is 6.27. The molecule has 2 rings (SSSR count). The number of rotatable bonds is 5. The number of benzene rings is 1. The first-order valence-electron chi connectivity index (χ1n) is 6.81. The molecule has 1 saturated heterocycles. The van der Waals surface area contributed by atoms with E-state index >= 15 is 0 Å². The van der Waals surface area contributed by atoms with Crippen molar-refractivity contribution in [2.45, 2.75) is 13.5 Å². The van der Waals surface area contributed by atoms with Crippen LogP contribution in [0.1, 0.15) is 12.5 Å². The SMILES string of the molecule is COc1cc(Br)c(CN2CC(C)C(C(=O)O)C2)cc1OC. The van der Waals surface area contributed by atoms with E-state index in [-0.39, 0.29) is 11.8 Å². The van der Waals surface area contributed by atoms with Crippen molar-refractivity contribution in [3.05, 3.63) is 22.2 Å². The first-order valence-corrected chi connectivity index (χ1v) is 7.61. The quantitative estimate of drug-likeness (QED) is 0.877. The fraction of sp³-hybridized carbons (Fsp3) is 0.533. The predicted molar refractivity (Wildman–Crippen MR) is 82.8 cm³/mol. The van der Waals surface area contributed by atoms with Crippen LogP contribution in [-0.4, -0.2) is 43.3 Å². The number of hydrogen-bond acceptors (Lipinski definition) is 4. The van der Waals surface area contributed by atoms with Crippen molar-refractivity contribution in [2.24, 2.45) is 11.8 Å². The number of halogens is 1. The maximum absolute atomic E-state index is 11.2. The van der Waals surface area contributed by atoms with E-state index in [9.17, 15) is 9.90 Å². The molecule has 1 fully saturated rings. The molecule has 0 saturated carbocycles. The smallest absolute Gasteiger partial charge is 0.308 e. The lowest BCUT2D eigenvalue weighted by Gasteiger charge is -2.18. The van der Waals surface area contributed by atoms with Crippen LogP contribution >= 0.6 is 15.9 Å². The van der Waals surface area contributed by atoms with Crippen LogP contribution in [-0.2, 0) is 11.3 Å². The average molecular weight is 358 g/mol. The van der Waals surface area contributed by atoms with Gasteiger partial charge in [-0.3, -0.25) is 9.69 Å². The summed E-state index contributed by atoms with van der Waals surface area (Å²) in [5.41, 5.74) is 1.06. The van der Waals surface area contributed by atoms with E-state index in [0.717, 1.165) is 16.6 Å². The second kappa shape index (κ2) is 6.66. The van der Waals surface area contributed by atoms with E-state index in [0.29, 0.717) is 24.6 Å². The minimum absolute atomic E-state index is 0.168. The Kier molecular flexibility index (Phi) is 5.11. The first-order chi connectivity index (χ1) is 9.96. The Labute approximate surface area is 133 Å². The van der Waals surface area contributed by atoms with Gasteiger partial charge in [-0.05, 0) is 23.6 Å². The number of carboxylic acid groups (broad SMARTS) is 1. The molecule has 1 aromatic rings. The minimum atomic E-state index is -0.712. The third kappa shape index (κ3) is 3.49. The highest BCUT2D eigenvalue weighted by atomic mass is 79.9. The van der Waals surface area contributed by atoms with Crippen molar-refractivity contribution in [1.29, 1.82) is 0 Å². The molecule has 116 valence electrons. The molecule has 1 aromatic carbocycles. The van der Waals surface area contributed by atoms with Gasteiger partial charge in [0.05, 0.1) is 20.1 Å². The summed E-state index contributed by atoms with van der Waals surface area (Å²) in [5.74, 6) is 0.519. The Morgan fingerprint density at radius 2 is 1.95 bits per heavy atom. The molecule has 1 aliphatic rings. The van der Waals surface area contributed by atoms with Crippen LogP contribution in [0.4, 0.5) is 0 Å². The van der Waals surface area contributed by atoms with Crippen molar-refractivity contribution >= 4 is 21.9 Å². The van der Waals surface area contributed by atoms with Crippen LogP contribution in [0.3, 0.4) is 0 Å². The van der Waals surface area contributed by atoms with Gasteiger partial charge in [0, 0.05) is 24.1 Å². The van der Waals surface area contributed by atoms with Gasteiger partial charge in [0.25, 0.3) is 0 Å². The standard InChI is InChI=1S/C15H20BrNO4/c1-9-6-17(8-11(9)15(18)19)7-10-4-13(20-2)14(21-3)5-12(10)16/h4-5,9,11H,6-8H2,1-3H3,(H,18,19). The molecule has 2 atom stereocenters. The van der Waals surface area contributed by atoms with Gasteiger partial charge in [-0.1, -0.05) is 22.9 Å². The molecule has 0 bridgehead atoms. The van der Waals surface area contributed by atoms with Crippen molar-refractivity contribution in [3.63, 3.8) is 0 Å². The molecule has 0 radical (unpaired) electrons. The number of aliphatic carboxylic acids is 1. The Hall–Kier alpha value is -1.27. The lowest BCUT2D eigenvalue weighted by molar-refractivity contribution is -0.142. The third-order valence-corrected chi connectivity index (χ3v) is 4.69. The largest absolute Gasteiger partial charge is 0.493 e. The molecule has 0 aromatic heterocycles. The van der Waals surface area contributed by atoms with Crippen LogP contribution in [0.2, 0.25) is 0 Å². The second-order valence-electron chi connectivity index (χ2n) is 5.41. The fourth-order valence-corrected chi connectivity index (χ4v) is 3.22. The van der Waals surface area contributed by atoms with Crippen LogP contribution < -0.4 is 9.47 Å². The van der Waals surface area contributed by atoms with E-state index in [1.165, 1.54) is 0 Å². The zero-order valence-electron chi connectivity index (χ0n) is 12.4. The molecule has 1 aliphatic heterocycles. The highest BCUT2D eigenvalue weighted by Gasteiger charge is 2.34. The number of likely N-dealkylation sites (tertiary alicyclic amines) is 1. The molecular formula is C15H20BrNO4. The van der Waals surface area contributed by atoms with Gasteiger partial charge in [0.1, 0.15) is 0 Å². The molecule has 21 heavy (non-hydrogen) atoms. The van der Waals surface area contributed by atoms with E-state index in [1.54, 1.807) is 14.2 Å². The number of methoxy groups -OCH3 is 2. The number of carboxylic acids is 1. The van der Waals surface area contributed by atoms with Crippen molar-refractivity contribution in [3.8, 4) is 11.5 Å². The van der Waals surface area contributed by atoms with Crippen LogP contribution in [0.15, 0.2) is 16.6 Å². The highest BCUT2D eigenvalue weighted by molar-refractivity contribution is 9.10. The van der Waals surface area contributed by atoms with Gasteiger partial charge in [0.15, 0.2) is 11.5 Å². The molecule has 1 heterocycles. The fourth-order valence-electron chi connectivity index (χ4n) is 2.78. The number of carbonyl (C=O) groups is 1. The monoisotopic (exact) mass is 357 g/mol. The van der Waals surface area contributed by atoms with Gasteiger partial charge in [-0.2, -0.15) is 0 Å². The molecule has 0 aliphatic carbocycles. The summed E-state index contributed by atoms with van der Waals surface area (Å²) >= 11 is 3.54. The summed E-state index contributed by atoms with van der Waals surface area (Å²) in [7, 11) is 3.21. The van der Waals surface area contributed by atoms with E-state index in [2.05, 4.69) is 20.8 Å². The maximum atomic E-state index is 11.2. The van der Waals surface area contributed by atoms with Gasteiger partial charge in [-0.25, -0.2) is 0 Å². The maximum Gasteiger partial charge on any atom is 0.308 e. The molecule has 2 unspecified atom stereocenters. The van der Waals surface area contributed by atoms with Crippen molar-refractivity contribution in [2.75, 3.05) is 27.3 Å². The van der Waals surface area contributed by atoms with E-state index < -0.39 is 5.97 Å². The number of hydrogen-bond donors (Lipinski definition) is 1. The zero-order valence-corrected chi connectivity index (χ0v) is 14.0. The third-order valence-electron chi connectivity index (χ3n) is 3.95. The summed E-state index contributed by atoms with van der Waals surface area (Å²) in [6.07, 6.45) is 0. The molecule has 5 nitrogen and oxygen atoms in total. The molecular weight excluding hydrogens is 338 g/mol. The minimum Gasteiger partial charge on any atom is -0.493 e. The predicted octanol–water partition coefficient (Wildman–Crippen LogP) is 2.62. The topological polar surface area (TPSA) is 59.0 Å². The lowest BCUT2D eigenvalue weighted by Crippen LogP contribution is -2.23. The molecule has 6 heteroatoms. The summed E-state index contributed by atoms with van der Waals surface area (Å²) in [5, 5.41) is 9.20. The lowest BCUT2D eigenvalue weighted by atomic mass is 9.99. The van der Waals surface area contributed by atoms with Crippen LogP contribution in [0, 0.1) is 11.8 Å². The first kappa shape index (κ1) is 16.1. The Balaban J connectivity index is 2.15. The molecule has 0 spiro atoms. The summed E-state index contributed by atoms with van der Waals surface area (Å²) in [6.45, 7) is 4.05. The van der Waals surface area contributed by atoms with Crippen molar-refractivity contribution in [1.82, 2.24) is 4.90 Å². The van der Waals surface area contributed by atoms with Crippen molar-refractivity contribution < 1.29 is 19.4 Å². The zero-order chi connectivity index (χ0) is 15.6. The average Bonchev–Trinajstić information content (AvgIpc) is 2.81. The number of ether oxygens (including phenoxy) is 2. The Morgan fingerprint density at radius 3 is 2.48 bits per heavy atom. The van der Waals surface area contributed by atoms with E-state index in [4.69, 9.17) is 9.47 Å². The highest BCUT2D eigenvalue weighted by Crippen LogP contribution is 2.35. The van der Waals surface area contributed by atoms with Crippen LogP contribution in [0.5, 0.6) is 11.5 Å². The summed E-state index contributed by atoms with van der Waals surface area (Å²) < 4.78 is 11.5. The Bertz CT molecular complexity index is 535. The summed E-state index contributed by atoms with van der Waals surface area (Å²) in [6, 6.07) is 3.81. The normalized spacial score (nSPS) is 22.3. The van der Waals surface area contributed by atoms with Gasteiger partial charge >= 0.3 is 5.97 Å². The summed E-state index contributed by atoms with van der Waals surface area (Å²) in [4.78, 5) is 13.4. The van der Waals surface area contributed by atoms with Gasteiger partial charge in [0.2, 0.25) is 0 Å². The number of nitrogens with zero attached hydrogens (tertiary/aromatic N) is 1. The molecule has 1 N–H and O–H groups in total. The van der Waals surface area contributed by atoms with Gasteiger partial charge < -0.3 is 14.6 Å². The Morgan fingerprint density at radius 1 is 1.33 bits per heavy atom.